The van der Waals surface area contributed by atoms with Gasteiger partial charge in [0.25, 0.3) is 0 Å². The van der Waals surface area contributed by atoms with E-state index in [-0.39, 0.29) is 64.6 Å². The Balaban J connectivity index is 0. The van der Waals surface area contributed by atoms with Gasteiger partial charge in [-0.15, -0.1) is 0 Å². The molecule has 0 N–H and O–H groups in total. The molecule has 0 heterocycles. The molecule has 0 saturated heterocycles. The molecule has 15 heavy (non-hydrogen) atoms. The summed E-state index contributed by atoms with van der Waals surface area (Å²) in [6, 6.07) is 0. The van der Waals surface area contributed by atoms with E-state index >= 15 is 0 Å². The second-order valence-corrected chi connectivity index (χ2v) is 4.85. The molecule has 0 amide bonds. The standard InChI is InChI=1S/C6H14BF3O3P.K/c1-3-12-14(11,13-4-2)6-5-7(8,9)10;/h3-6H2,1-2H3;/q-1;+1. The summed E-state index contributed by atoms with van der Waals surface area (Å²) in [6.07, 6.45) is -1.67. The molecule has 0 spiro atoms. The Labute approximate surface area is 130 Å². The second kappa shape index (κ2) is 8.69. The minimum absolute atomic E-state index is 0. The number of hydrogen-bond acceptors (Lipinski definition) is 3. The predicted molar refractivity (Wildman–Crippen MR) is 49.6 cm³/mol. The van der Waals surface area contributed by atoms with Crippen LogP contribution in [0.5, 0.6) is 0 Å². The van der Waals surface area contributed by atoms with E-state index in [0.29, 0.717) is 0 Å². The first-order valence-electron chi connectivity index (χ1n) is 4.42. The first-order chi connectivity index (χ1) is 6.33. The fourth-order valence-electron chi connectivity index (χ4n) is 0.864. The number of rotatable bonds is 7. The van der Waals surface area contributed by atoms with Gasteiger partial charge in [0.05, 0.1) is 13.2 Å². The minimum Gasteiger partial charge on any atom is -0.449 e. The Bertz CT molecular complexity index is 204. The van der Waals surface area contributed by atoms with Crippen LogP contribution in [-0.2, 0) is 13.6 Å². The van der Waals surface area contributed by atoms with Gasteiger partial charge in [0, 0.05) is 6.16 Å². The van der Waals surface area contributed by atoms with Gasteiger partial charge in [0.15, 0.2) is 0 Å². The van der Waals surface area contributed by atoms with Gasteiger partial charge >= 0.3 is 66.0 Å². The van der Waals surface area contributed by atoms with Crippen LogP contribution >= 0.6 is 7.60 Å². The third kappa shape index (κ3) is 10.5. The Morgan fingerprint density at radius 3 is 1.80 bits per heavy atom. The molecule has 0 aliphatic rings. The second-order valence-electron chi connectivity index (χ2n) is 2.67. The summed E-state index contributed by atoms with van der Waals surface area (Å²) < 4.78 is 56.6. The predicted octanol–water partition coefficient (Wildman–Crippen LogP) is 0.104. The van der Waals surface area contributed by atoms with Crippen LogP contribution in [0.25, 0.3) is 0 Å². The van der Waals surface area contributed by atoms with Gasteiger partial charge in [-0.1, -0.05) is 6.32 Å². The Kier molecular flexibility index (Phi) is 11.0. The smallest absolute Gasteiger partial charge is 0.449 e. The molecule has 0 aromatic rings. The molecule has 0 bridgehead atoms. The molecule has 86 valence electrons. The fourth-order valence-corrected chi connectivity index (χ4v) is 2.59. The summed E-state index contributed by atoms with van der Waals surface area (Å²) in [4.78, 5) is 0. The summed E-state index contributed by atoms with van der Waals surface area (Å²) in [5.74, 6) is 0. The van der Waals surface area contributed by atoms with Crippen molar-refractivity contribution in [3.8, 4) is 0 Å². The van der Waals surface area contributed by atoms with Gasteiger partial charge in [0.2, 0.25) is 0 Å². The maximum atomic E-state index is 11.9. The summed E-state index contributed by atoms with van der Waals surface area (Å²) in [7, 11) is -3.52. The molecule has 0 aliphatic carbocycles. The van der Waals surface area contributed by atoms with Crippen molar-refractivity contribution in [2.75, 3.05) is 19.4 Å². The van der Waals surface area contributed by atoms with Gasteiger partial charge in [-0.3, -0.25) is 4.57 Å². The minimum atomic E-state index is -4.93. The van der Waals surface area contributed by atoms with Crippen LogP contribution in [-0.4, -0.2) is 26.4 Å². The molecule has 0 unspecified atom stereocenters. The fraction of sp³-hybridized carbons (Fsp3) is 1.00. The van der Waals surface area contributed by atoms with Crippen molar-refractivity contribution >= 4 is 14.6 Å². The average molecular weight is 272 g/mol. The summed E-state index contributed by atoms with van der Waals surface area (Å²) >= 11 is 0. The largest absolute Gasteiger partial charge is 1.00 e. The van der Waals surface area contributed by atoms with Crippen LogP contribution in [0.1, 0.15) is 13.8 Å². The number of halogens is 3. The van der Waals surface area contributed by atoms with E-state index in [0.717, 1.165) is 0 Å². The maximum Gasteiger partial charge on any atom is 1.00 e. The van der Waals surface area contributed by atoms with E-state index in [9.17, 15) is 17.5 Å². The van der Waals surface area contributed by atoms with Crippen molar-refractivity contribution < 1.29 is 77.9 Å². The van der Waals surface area contributed by atoms with Gasteiger partial charge in [-0.05, 0) is 13.8 Å². The molecule has 9 heteroatoms. The average Bonchev–Trinajstić information content (AvgIpc) is 2.01. The van der Waals surface area contributed by atoms with Crippen molar-refractivity contribution in [2.24, 2.45) is 0 Å². The van der Waals surface area contributed by atoms with E-state index in [1.807, 2.05) is 0 Å². The van der Waals surface area contributed by atoms with Crippen LogP contribution in [0.4, 0.5) is 12.9 Å². The zero-order valence-corrected chi connectivity index (χ0v) is 13.2. The Hall–Kier alpha value is 1.64. The van der Waals surface area contributed by atoms with E-state index < -0.39 is 27.1 Å². The van der Waals surface area contributed by atoms with Crippen molar-refractivity contribution in [1.82, 2.24) is 0 Å². The van der Waals surface area contributed by atoms with Gasteiger partial charge in [-0.2, -0.15) is 0 Å². The topological polar surface area (TPSA) is 35.5 Å². The molecule has 0 aliphatic heterocycles. The Morgan fingerprint density at radius 1 is 1.13 bits per heavy atom. The van der Waals surface area contributed by atoms with Crippen LogP contribution in [0, 0.1) is 0 Å². The molecular formula is C6H14BF3KO3P. The monoisotopic (exact) mass is 272 g/mol. The SMILES string of the molecule is CCOP(=O)(CC[B-](F)(F)F)OCC.[K+]. The van der Waals surface area contributed by atoms with E-state index in [1.165, 1.54) is 0 Å². The van der Waals surface area contributed by atoms with Gasteiger partial charge < -0.3 is 22.0 Å². The van der Waals surface area contributed by atoms with Gasteiger partial charge in [0.1, 0.15) is 0 Å². The van der Waals surface area contributed by atoms with Crippen molar-refractivity contribution in [3.05, 3.63) is 0 Å². The Morgan fingerprint density at radius 2 is 1.53 bits per heavy atom. The summed E-state index contributed by atoms with van der Waals surface area (Å²) in [5, 5.41) is 0. The molecule has 0 aromatic heterocycles. The number of hydrogen-bond donors (Lipinski definition) is 0. The zero-order valence-electron chi connectivity index (χ0n) is 9.21. The molecular weight excluding hydrogens is 258 g/mol. The third-order valence-corrected chi connectivity index (χ3v) is 3.49. The van der Waals surface area contributed by atoms with Crippen LogP contribution in [0.15, 0.2) is 0 Å². The quantitative estimate of drug-likeness (QED) is 0.487. The zero-order chi connectivity index (χ0) is 11.2. The van der Waals surface area contributed by atoms with Crippen LogP contribution < -0.4 is 51.4 Å². The molecule has 0 rings (SSSR count). The van der Waals surface area contributed by atoms with Gasteiger partial charge in [-0.25, -0.2) is 0 Å². The first-order valence-corrected chi connectivity index (χ1v) is 6.15. The van der Waals surface area contributed by atoms with Crippen molar-refractivity contribution in [1.29, 1.82) is 0 Å². The molecule has 0 saturated carbocycles. The normalized spacial score (nSPS) is 12.3. The third-order valence-electron chi connectivity index (χ3n) is 1.38. The first kappa shape index (κ1) is 19.0. The van der Waals surface area contributed by atoms with Crippen LogP contribution in [0.3, 0.4) is 0 Å². The van der Waals surface area contributed by atoms with E-state index in [1.54, 1.807) is 13.8 Å². The summed E-state index contributed by atoms with van der Waals surface area (Å²) in [5.41, 5.74) is 0. The molecule has 0 aromatic carbocycles. The van der Waals surface area contributed by atoms with E-state index in [2.05, 4.69) is 0 Å². The van der Waals surface area contributed by atoms with Crippen molar-refractivity contribution in [3.63, 3.8) is 0 Å². The molecule has 0 atom stereocenters. The molecule has 3 nitrogen and oxygen atoms in total. The van der Waals surface area contributed by atoms with Crippen LogP contribution in [0.2, 0.25) is 6.32 Å². The maximum absolute atomic E-state index is 11.9. The molecule has 0 fully saturated rings. The van der Waals surface area contributed by atoms with E-state index in [4.69, 9.17) is 9.05 Å². The summed E-state index contributed by atoms with van der Waals surface area (Å²) in [6.45, 7) is -1.64. The van der Waals surface area contributed by atoms with Crippen molar-refractivity contribution in [2.45, 2.75) is 20.2 Å². The molecule has 0 radical (unpaired) electrons.